The van der Waals surface area contributed by atoms with Crippen molar-refractivity contribution in [3.63, 3.8) is 0 Å². The summed E-state index contributed by atoms with van der Waals surface area (Å²) in [5.41, 5.74) is -0.220. The van der Waals surface area contributed by atoms with Crippen LogP contribution >= 0.6 is 0 Å². The van der Waals surface area contributed by atoms with Crippen LogP contribution in [-0.4, -0.2) is 19.7 Å². The van der Waals surface area contributed by atoms with E-state index in [1.54, 1.807) is 51.1 Å². The molecule has 1 N–H and O–H groups in total. The minimum absolute atomic E-state index is 0.100. The van der Waals surface area contributed by atoms with Crippen LogP contribution in [0, 0.1) is 5.82 Å². The molecule has 0 heterocycles. The van der Waals surface area contributed by atoms with E-state index >= 15 is 0 Å². The number of rotatable bonds is 4. The first kappa shape index (κ1) is 24.9. The van der Waals surface area contributed by atoms with Crippen LogP contribution in [0.4, 0.5) is 4.39 Å². The number of carbonyl (C=O) groups excluding carboxylic acids is 1. The number of sulfonamides is 1. The van der Waals surface area contributed by atoms with Crippen LogP contribution in [0.15, 0.2) is 53.4 Å². The Hall–Kier alpha value is -2.05. The van der Waals surface area contributed by atoms with Gasteiger partial charge in [-0.05, 0) is 39.0 Å². The average Bonchev–Trinajstić information content (AvgIpc) is 2.63. The third-order valence-corrected chi connectivity index (χ3v) is 4.75. The number of hydrogen-bond donors (Lipinski definition) is 1. The highest BCUT2D eigenvalue weighted by molar-refractivity contribution is 7.89. The van der Waals surface area contributed by atoms with Gasteiger partial charge in [0.25, 0.3) is 0 Å². The molecule has 0 spiro atoms. The Morgan fingerprint density at radius 2 is 1.41 bits per heavy atom. The third-order valence-electron chi connectivity index (χ3n) is 2.96. The number of ketones is 1. The van der Waals surface area contributed by atoms with Crippen LogP contribution in [-0.2, 0) is 10.0 Å². The van der Waals surface area contributed by atoms with Gasteiger partial charge in [0.2, 0.25) is 10.0 Å². The lowest BCUT2D eigenvalue weighted by molar-refractivity contribution is 0.103. The fourth-order valence-electron chi connectivity index (χ4n) is 2.07. The Bertz CT molecular complexity index is 826. The molecule has 27 heavy (non-hydrogen) atoms. The molecule has 0 aliphatic heterocycles. The number of nitrogens with one attached hydrogen (secondary N) is 1. The molecule has 2 aromatic carbocycles. The van der Waals surface area contributed by atoms with Gasteiger partial charge in [-0.1, -0.05) is 58.0 Å². The van der Waals surface area contributed by atoms with E-state index in [0.29, 0.717) is 5.56 Å². The summed E-state index contributed by atoms with van der Waals surface area (Å²) in [6.45, 7) is 13.0. The van der Waals surface area contributed by atoms with Crippen molar-refractivity contribution in [1.29, 1.82) is 0 Å². The van der Waals surface area contributed by atoms with Crippen LogP contribution < -0.4 is 4.72 Å². The zero-order valence-corrected chi connectivity index (χ0v) is 17.9. The molecule has 0 fully saturated rings. The Balaban J connectivity index is 0.00000158. The number of carbonyl (C=O) groups is 1. The summed E-state index contributed by atoms with van der Waals surface area (Å²) in [5.74, 6) is -1.32. The summed E-state index contributed by atoms with van der Waals surface area (Å²) >= 11 is 0. The Kier molecular flexibility index (Phi) is 10.1. The zero-order valence-electron chi connectivity index (χ0n) is 17.1. The highest BCUT2D eigenvalue weighted by atomic mass is 32.2. The second kappa shape index (κ2) is 10.9. The van der Waals surface area contributed by atoms with Crippen molar-refractivity contribution in [3.8, 4) is 0 Å². The Labute approximate surface area is 162 Å². The molecule has 2 aromatic rings. The molecule has 0 aliphatic rings. The molecule has 0 atom stereocenters. The van der Waals surface area contributed by atoms with E-state index in [2.05, 4.69) is 4.72 Å². The second-order valence-electron chi connectivity index (χ2n) is 6.20. The van der Waals surface area contributed by atoms with E-state index < -0.39 is 26.3 Å². The van der Waals surface area contributed by atoms with Gasteiger partial charge in [-0.3, -0.25) is 4.79 Å². The van der Waals surface area contributed by atoms with Crippen molar-refractivity contribution in [2.75, 3.05) is 0 Å². The van der Waals surface area contributed by atoms with Gasteiger partial charge < -0.3 is 0 Å². The molecule has 0 unspecified atom stereocenters. The summed E-state index contributed by atoms with van der Waals surface area (Å²) in [6.07, 6.45) is 0. The summed E-state index contributed by atoms with van der Waals surface area (Å²) in [4.78, 5) is 11.8. The SMILES string of the molecule is CC.CC.CC(C)(C)NS(=O)(=O)c1ccc(C(=O)c2ccccc2)cc1F. The van der Waals surface area contributed by atoms with Crippen LogP contribution in [0.25, 0.3) is 0 Å². The lowest BCUT2D eigenvalue weighted by atomic mass is 10.0. The molecule has 0 amide bonds. The Morgan fingerprint density at radius 1 is 0.889 bits per heavy atom. The monoisotopic (exact) mass is 395 g/mol. The summed E-state index contributed by atoms with van der Waals surface area (Å²) in [7, 11) is -3.99. The number of benzene rings is 2. The summed E-state index contributed by atoms with van der Waals surface area (Å²) in [6, 6.07) is 11.8. The average molecular weight is 396 g/mol. The van der Waals surface area contributed by atoms with Crippen LogP contribution in [0.5, 0.6) is 0 Å². The first-order valence-corrected chi connectivity index (χ1v) is 10.5. The van der Waals surface area contributed by atoms with Crippen molar-refractivity contribution in [2.45, 2.75) is 58.9 Å². The van der Waals surface area contributed by atoms with Gasteiger partial charge in [0.05, 0.1) is 0 Å². The lowest BCUT2D eigenvalue weighted by Gasteiger charge is -2.20. The minimum Gasteiger partial charge on any atom is -0.289 e. The minimum atomic E-state index is -3.99. The molecular weight excluding hydrogens is 365 g/mol. The fraction of sp³-hybridized carbons (Fsp3) is 0.381. The van der Waals surface area contributed by atoms with E-state index in [1.165, 1.54) is 6.07 Å². The van der Waals surface area contributed by atoms with Gasteiger partial charge in [-0.25, -0.2) is 17.5 Å². The maximum Gasteiger partial charge on any atom is 0.243 e. The fourth-order valence-corrected chi connectivity index (χ4v) is 3.55. The topological polar surface area (TPSA) is 63.2 Å². The number of hydrogen-bond acceptors (Lipinski definition) is 3. The maximum atomic E-state index is 14.2. The molecule has 0 radical (unpaired) electrons. The maximum absolute atomic E-state index is 14.2. The van der Waals surface area contributed by atoms with Gasteiger partial charge in [-0.15, -0.1) is 0 Å². The van der Waals surface area contributed by atoms with Gasteiger partial charge >= 0.3 is 0 Å². The predicted molar refractivity (Wildman–Crippen MR) is 109 cm³/mol. The van der Waals surface area contributed by atoms with Gasteiger partial charge in [0.1, 0.15) is 10.7 Å². The van der Waals surface area contributed by atoms with Crippen LogP contribution in [0.2, 0.25) is 0 Å². The molecule has 0 saturated carbocycles. The molecule has 6 heteroatoms. The van der Waals surface area contributed by atoms with Gasteiger partial charge in [0, 0.05) is 16.7 Å². The van der Waals surface area contributed by atoms with E-state index in [4.69, 9.17) is 0 Å². The molecule has 150 valence electrons. The Morgan fingerprint density at radius 3 is 1.85 bits per heavy atom. The molecule has 0 saturated heterocycles. The highest BCUT2D eigenvalue weighted by Gasteiger charge is 2.25. The van der Waals surface area contributed by atoms with Crippen molar-refractivity contribution in [3.05, 3.63) is 65.5 Å². The van der Waals surface area contributed by atoms with Gasteiger partial charge in [-0.2, -0.15) is 0 Å². The predicted octanol–water partition coefficient (Wildman–Crippen LogP) is 5.19. The van der Waals surface area contributed by atoms with Gasteiger partial charge in [0.15, 0.2) is 5.78 Å². The molecule has 0 bridgehead atoms. The normalized spacial score (nSPS) is 10.8. The zero-order chi connectivity index (χ0) is 21.3. The smallest absolute Gasteiger partial charge is 0.243 e. The molecular formula is C21H30FNO3S. The van der Waals surface area contributed by atoms with Crippen molar-refractivity contribution in [2.24, 2.45) is 0 Å². The highest BCUT2D eigenvalue weighted by Crippen LogP contribution is 2.20. The van der Waals surface area contributed by atoms with E-state index in [-0.39, 0.29) is 11.3 Å². The lowest BCUT2D eigenvalue weighted by Crippen LogP contribution is -2.40. The van der Waals surface area contributed by atoms with Crippen molar-refractivity contribution < 1.29 is 17.6 Å². The van der Waals surface area contributed by atoms with E-state index in [0.717, 1.165) is 12.1 Å². The van der Waals surface area contributed by atoms with Crippen LogP contribution in [0.1, 0.15) is 64.4 Å². The molecule has 2 rings (SSSR count). The second-order valence-corrected chi connectivity index (χ2v) is 7.85. The van der Waals surface area contributed by atoms with E-state index in [9.17, 15) is 17.6 Å². The van der Waals surface area contributed by atoms with Crippen LogP contribution in [0.3, 0.4) is 0 Å². The first-order chi connectivity index (χ1) is 12.6. The standard InChI is InChI=1S/C17H18FNO3S.2C2H6/c1-17(2,3)19-23(21,22)15-10-9-13(11-14(15)18)16(20)12-7-5-4-6-8-12;2*1-2/h4-11,19H,1-3H3;2*1-2H3. The van der Waals surface area contributed by atoms with Crippen molar-refractivity contribution in [1.82, 2.24) is 4.72 Å². The summed E-state index contributed by atoms with van der Waals surface area (Å²) in [5, 5.41) is 0. The number of halogens is 1. The molecule has 0 aliphatic carbocycles. The first-order valence-electron chi connectivity index (χ1n) is 9.03. The van der Waals surface area contributed by atoms with E-state index in [1.807, 2.05) is 27.7 Å². The summed E-state index contributed by atoms with van der Waals surface area (Å²) < 4.78 is 41.0. The quantitative estimate of drug-likeness (QED) is 0.725. The largest absolute Gasteiger partial charge is 0.289 e. The van der Waals surface area contributed by atoms with Crippen molar-refractivity contribution >= 4 is 15.8 Å². The molecule has 0 aromatic heterocycles. The third kappa shape index (κ3) is 7.61. The molecule has 4 nitrogen and oxygen atoms in total.